The molecule has 0 aromatic carbocycles. The Morgan fingerprint density at radius 2 is 1.40 bits per heavy atom. The van der Waals surface area contributed by atoms with Gasteiger partial charge in [-0.3, -0.25) is 12.2 Å². The van der Waals surface area contributed by atoms with Crippen molar-refractivity contribution in [3.63, 3.8) is 0 Å². The largest absolute Gasteiger partial charge is 0.273 e. The van der Waals surface area contributed by atoms with Gasteiger partial charge in [-0.2, -0.15) is 12.2 Å². The molecule has 2 aliphatic rings. The van der Waals surface area contributed by atoms with Gasteiger partial charge >= 0.3 is 36.2 Å². The predicted octanol–water partition coefficient (Wildman–Crippen LogP) is 1.81. The summed E-state index contributed by atoms with van der Waals surface area (Å²) in [5, 5.41) is 0. The van der Waals surface area contributed by atoms with Crippen LogP contribution in [-0.2, 0) is 27.8 Å². The molecule has 0 aromatic heterocycles. The minimum atomic E-state index is -1.08. The summed E-state index contributed by atoms with van der Waals surface area (Å²) in [6.45, 7) is 0. The molecule has 0 atom stereocenters. The minimum absolute atomic E-state index is 1.01. The van der Waals surface area contributed by atoms with Crippen LogP contribution in [0, 0.1) is 12.2 Å². The molecule has 0 N–H and O–H groups in total. The Kier molecular flexibility index (Phi) is 11.8. The molecule has 76 valence electrons. The van der Waals surface area contributed by atoms with Crippen LogP contribution in [0.15, 0.2) is 36.5 Å². The van der Waals surface area contributed by atoms with E-state index in [0.29, 0.717) is 0 Å². The quantitative estimate of drug-likeness (QED) is 0.473. The van der Waals surface area contributed by atoms with Crippen LogP contribution in [0.2, 0.25) is 0 Å². The average Bonchev–Trinajstić information content (AvgIpc) is 2.99. The Bertz CT molecular complexity index is 318. The molecule has 0 aliphatic heterocycles. The van der Waals surface area contributed by atoms with Crippen molar-refractivity contribution in [2.45, 2.75) is 12.8 Å². The van der Waals surface area contributed by atoms with E-state index in [1.807, 2.05) is 24.3 Å². The second-order valence-electron chi connectivity index (χ2n) is 2.34. The summed E-state index contributed by atoms with van der Waals surface area (Å²) in [6.07, 6.45) is 20.0. The number of hydrogen-bond donors (Lipinski definition) is 0. The van der Waals surface area contributed by atoms with Gasteiger partial charge in [0.05, 0.1) is 0 Å². The molecule has 0 spiro atoms. The van der Waals surface area contributed by atoms with Crippen LogP contribution >= 0.6 is 0 Å². The van der Waals surface area contributed by atoms with Crippen LogP contribution in [0.25, 0.3) is 0 Å². The Hall–Kier alpha value is -1.17. The Morgan fingerprint density at radius 1 is 0.933 bits per heavy atom. The van der Waals surface area contributed by atoms with Crippen molar-refractivity contribution in [3.05, 3.63) is 48.6 Å². The molecule has 0 heterocycles. The normalized spacial score (nSPS) is 12.8. The van der Waals surface area contributed by atoms with E-state index in [0.717, 1.165) is 12.8 Å². The van der Waals surface area contributed by atoms with E-state index < -0.39 is 18.2 Å². The van der Waals surface area contributed by atoms with Crippen LogP contribution in [0.4, 0.5) is 0 Å². The maximum atomic E-state index is 9.07. The second-order valence-corrected chi connectivity index (χ2v) is 3.36. The molecule has 0 unspecified atom stereocenters. The summed E-state index contributed by atoms with van der Waals surface area (Å²) < 4.78 is 2.94. The van der Waals surface area contributed by atoms with Gasteiger partial charge < -0.3 is 0 Å². The van der Waals surface area contributed by atoms with Gasteiger partial charge in [-0.05, 0) is 0 Å². The smallest absolute Gasteiger partial charge is 0.109 e. The number of hydrogen-bond acceptors (Lipinski definition) is 2. The fourth-order valence-corrected chi connectivity index (χ4v) is 0.766. The third kappa shape index (κ3) is 12.8. The van der Waals surface area contributed by atoms with Crippen LogP contribution in [-0.4, -0.2) is 8.36 Å². The van der Waals surface area contributed by atoms with Crippen molar-refractivity contribution in [1.82, 2.24) is 0 Å². The maximum Gasteiger partial charge on any atom is -0.109 e. The zero-order valence-electron chi connectivity index (χ0n) is 8.19. The second kappa shape index (κ2) is 12.8. The van der Waals surface area contributed by atoms with Crippen molar-refractivity contribution >= 4 is 8.36 Å². The summed E-state index contributed by atoms with van der Waals surface area (Å²) in [4.78, 5) is 18.1. The first-order valence-electron chi connectivity index (χ1n) is 4.34. The topological polar surface area (TPSA) is 34.1 Å². The summed E-state index contributed by atoms with van der Waals surface area (Å²) in [6, 6.07) is 0. The zero-order chi connectivity index (χ0) is 11.2. The molecule has 0 saturated carbocycles. The fourth-order valence-electron chi connectivity index (χ4n) is 0.701. The van der Waals surface area contributed by atoms with E-state index in [-0.39, 0.29) is 0 Å². The van der Waals surface area contributed by atoms with Gasteiger partial charge in [0.1, 0.15) is 0 Å². The van der Waals surface area contributed by atoms with Crippen molar-refractivity contribution in [3.8, 4) is 0 Å². The number of carbonyl (C=O) groups excluding carboxylic acids is 2. The van der Waals surface area contributed by atoms with Crippen molar-refractivity contribution in [2.24, 2.45) is 0 Å². The van der Waals surface area contributed by atoms with Gasteiger partial charge in [0.25, 0.3) is 0 Å². The molecule has 0 aromatic rings. The molecule has 15 heavy (non-hydrogen) atoms. The predicted molar refractivity (Wildman–Crippen MR) is 54.5 cm³/mol. The number of rotatable bonds is 0. The minimum Gasteiger partial charge on any atom is -0.273 e. The third-order valence-electron chi connectivity index (χ3n) is 1.27. The molecule has 0 saturated heterocycles. The van der Waals surface area contributed by atoms with Crippen LogP contribution in [0.1, 0.15) is 12.8 Å². The first kappa shape index (κ1) is 13.8. The van der Waals surface area contributed by atoms with Gasteiger partial charge in [0, 0.05) is 0 Å². The fraction of sp³-hybridized carbons (Fsp3) is 0.167. The van der Waals surface area contributed by atoms with Gasteiger partial charge in [-0.1, -0.05) is 0 Å². The molecule has 0 bridgehead atoms. The molecule has 2 aliphatic carbocycles. The molecular weight excluding hydrogens is 224 g/mol. The molecule has 0 amide bonds. The SMILES string of the molecule is O=[C]=[Ti]=[C]=O.[C-]1=CC=CC1.[C-]1=CC=CC1. The van der Waals surface area contributed by atoms with Crippen molar-refractivity contribution in [1.29, 1.82) is 0 Å². The van der Waals surface area contributed by atoms with Gasteiger partial charge in [0.2, 0.25) is 0 Å². The third-order valence-corrected chi connectivity index (χ3v) is 1.59. The first-order chi connectivity index (χ1) is 7.41. The van der Waals surface area contributed by atoms with Gasteiger partial charge in [-0.15, -0.1) is 12.8 Å². The van der Waals surface area contributed by atoms with Crippen LogP contribution in [0.5, 0.6) is 0 Å². The summed E-state index contributed by atoms with van der Waals surface area (Å²) in [7, 11) is 0. The number of allylic oxidation sites excluding steroid dienone is 8. The summed E-state index contributed by atoms with van der Waals surface area (Å²) >= 11 is -1.08. The summed E-state index contributed by atoms with van der Waals surface area (Å²) in [5.41, 5.74) is 0. The molecular formula is C12H10O2Ti-2. The van der Waals surface area contributed by atoms with Crippen LogP contribution < -0.4 is 0 Å². The monoisotopic (exact) mass is 234 g/mol. The van der Waals surface area contributed by atoms with E-state index in [4.69, 9.17) is 9.59 Å². The molecule has 2 rings (SSSR count). The van der Waals surface area contributed by atoms with E-state index in [1.54, 1.807) is 0 Å². The van der Waals surface area contributed by atoms with Gasteiger partial charge in [0.15, 0.2) is 0 Å². The Balaban J connectivity index is 0.000000196. The molecule has 0 radical (unpaired) electrons. The Morgan fingerprint density at radius 3 is 1.47 bits per heavy atom. The Labute approximate surface area is 97.6 Å². The van der Waals surface area contributed by atoms with Gasteiger partial charge in [-0.25, -0.2) is 24.3 Å². The van der Waals surface area contributed by atoms with E-state index >= 15 is 0 Å². The molecule has 2 nitrogen and oxygen atoms in total. The molecule has 0 fully saturated rings. The first-order valence-corrected chi connectivity index (χ1v) is 5.90. The summed E-state index contributed by atoms with van der Waals surface area (Å²) in [5.74, 6) is 0. The molecule has 3 heteroatoms. The van der Waals surface area contributed by atoms with E-state index in [9.17, 15) is 0 Å². The van der Waals surface area contributed by atoms with E-state index in [1.165, 1.54) is 8.36 Å². The van der Waals surface area contributed by atoms with Crippen molar-refractivity contribution in [2.75, 3.05) is 0 Å². The van der Waals surface area contributed by atoms with Crippen LogP contribution in [0.3, 0.4) is 0 Å². The van der Waals surface area contributed by atoms with Crippen molar-refractivity contribution < 1.29 is 27.8 Å². The average molecular weight is 234 g/mol. The maximum absolute atomic E-state index is 9.07. The zero-order valence-corrected chi connectivity index (χ0v) is 9.76. The standard InChI is InChI=1S/2C5H5.2CO.Ti/c2*1-2-4-5-3-1;2*1-2;/h2*1-3H,4H2;;;/q2*-1;;;. The van der Waals surface area contributed by atoms with E-state index in [2.05, 4.69) is 24.3 Å².